The van der Waals surface area contributed by atoms with Gasteiger partial charge in [-0.25, -0.2) is 0 Å². The van der Waals surface area contributed by atoms with E-state index in [1.54, 1.807) is 11.8 Å². The maximum absolute atomic E-state index is 12.1. The highest BCUT2D eigenvalue weighted by molar-refractivity contribution is 7.98. The van der Waals surface area contributed by atoms with Gasteiger partial charge in [0.1, 0.15) is 6.10 Å². The predicted molar refractivity (Wildman–Crippen MR) is 81.6 cm³/mol. The summed E-state index contributed by atoms with van der Waals surface area (Å²) in [6.07, 6.45) is 2.96. The van der Waals surface area contributed by atoms with Crippen molar-refractivity contribution >= 4 is 17.7 Å². The molecule has 0 aromatic rings. The lowest BCUT2D eigenvalue weighted by molar-refractivity contribution is -0.131. The molecule has 116 valence electrons. The second kappa shape index (κ2) is 5.50. The third kappa shape index (κ3) is 2.28. The molecule has 0 saturated heterocycles. The number of carbonyl (C=O) groups excluding carboxylic acids is 1. The normalized spacial score (nSPS) is 39.8. The van der Waals surface area contributed by atoms with E-state index in [0.717, 1.165) is 18.6 Å². The Morgan fingerprint density at radius 1 is 1.45 bits per heavy atom. The van der Waals surface area contributed by atoms with E-state index < -0.39 is 12.2 Å². The molecule has 3 N–H and O–H groups in total. The average Bonchev–Trinajstić information content (AvgIpc) is 2.70. The van der Waals surface area contributed by atoms with Crippen LogP contribution in [0.25, 0.3) is 0 Å². The molecular weight excluding hydrogens is 274 g/mol. The fraction of sp³-hybridized carbons (Fsp3) is 0.933. The third-order valence-corrected chi connectivity index (χ3v) is 6.65. The van der Waals surface area contributed by atoms with Crippen LogP contribution in [0.15, 0.2) is 0 Å². The van der Waals surface area contributed by atoms with Crippen molar-refractivity contribution in [3.63, 3.8) is 0 Å². The van der Waals surface area contributed by atoms with Crippen LogP contribution in [0, 0.1) is 16.7 Å². The second-order valence-electron chi connectivity index (χ2n) is 7.06. The molecule has 2 rings (SSSR count). The summed E-state index contributed by atoms with van der Waals surface area (Å²) < 4.78 is 0. The Bertz CT molecular complexity index is 387. The number of fused-ring (bicyclic) bond motifs is 2. The van der Waals surface area contributed by atoms with Crippen molar-refractivity contribution in [1.29, 1.82) is 0 Å². The van der Waals surface area contributed by atoms with Crippen LogP contribution in [-0.2, 0) is 4.79 Å². The smallest absolute Gasteiger partial charge is 0.249 e. The number of aliphatic hydroxyl groups is 2. The molecule has 0 unspecified atom stereocenters. The number of carbonyl (C=O) groups is 1. The van der Waals surface area contributed by atoms with Crippen LogP contribution >= 0.6 is 11.8 Å². The molecule has 20 heavy (non-hydrogen) atoms. The Kier molecular flexibility index (Phi) is 4.43. The SMILES string of the molecule is CSCC[C@H](O)C(=O)N[C@@H]1[C@H]2CC[C@@](C)([C@@H]1O)C2(C)C. The molecule has 0 radical (unpaired) electrons. The molecule has 5 heteroatoms. The van der Waals surface area contributed by atoms with Crippen LogP contribution in [0.3, 0.4) is 0 Å². The zero-order valence-electron chi connectivity index (χ0n) is 12.8. The quantitative estimate of drug-likeness (QED) is 0.718. The van der Waals surface area contributed by atoms with Crippen LogP contribution < -0.4 is 5.32 Å². The summed E-state index contributed by atoms with van der Waals surface area (Å²) in [5, 5.41) is 23.3. The van der Waals surface area contributed by atoms with E-state index in [0.29, 0.717) is 12.3 Å². The lowest BCUT2D eigenvalue weighted by Gasteiger charge is -2.37. The number of rotatable bonds is 5. The van der Waals surface area contributed by atoms with Gasteiger partial charge in [-0.1, -0.05) is 20.8 Å². The number of amides is 1. The Hall–Kier alpha value is -0.260. The summed E-state index contributed by atoms with van der Waals surface area (Å²) in [6, 6.07) is -0.222. The van der Waals surface area contributed by atoms with Crippen LogP contribution in [0.2, 0.25) is 0 Å². The summed E-state index contributed by atoms with van der Waals surface area (Å²) in [4.78, 5) is 12.1. The van der Waals surface area contributed by atoms with Crippen LogP contribution in [0.5, 0.6) is 0 Å². The van der Waals surface area contributed by atoms with Crippen molar-refractivity contribution in [2.24, 2.45) is 16.7 Å². The predicted octanol–water partition coefficient (Wildman–Crippen LogP) is 1.40. The number of hydrogen-bond acceptors (Lipinski definition) is 4. The summed E-state index contributed by atoms with van der Waals surface area (Å²) >= 11 is 1.61. The lowest BCUT2D eigenvalue weighted by Crippen LogP contribution is -2.51. The Morgan fingerprint density at radius 2 is 2.10 bits per heavy atom. The van der Waals surface area contributed by atoms with Crippen molar-refractivity contribution in [1.82, 2.24) is 5.32 Å². The van der Waals surface area contributed by atoms with Crippen molar-refractivity contribution in [2.75, 3.05) is 12.0 Å². The minimum atomic E-state index is -0.968. The zero-order chi connectivity index (χ0) is 15.1. The third-order valence-electron chi connectivity index (χ3n) is 6.01. The van der Waals surface area contributed by atoms with Crippen LogP contribution in [0.4, 0.5) is 0 Å². The van der Waals surface area contributed by atoms with E-state index in [1.807, 2.05) is 6.26 Å². The van der Waals surface area contributed by atoms with Crippen LogP contribution in [-0.4, -0.2) is 46.4 Å². The number of nitrogens with one attached hydrogen (secondary N) is 1. The highest BCUT2D eigenvalue weighted by Gasteiger charge is 2.66. The maximum Gasteiger partial charge on any atom is 0.249 e. The van der Waals surface area contributed by atoms with Crippen molar-refractivity contribution in [3.05, 3.63) is 0 Å². The van der Waals surface area contributed by atoms with E-state index in [-0.39, 0.29) is 22.8 Å². The van der Waals surface area contributed by atoms with E-state index in [4.69, 9.17) is 0 Å². The van der Waals surface area contributed by atoms with Gasteiger partial charge in [-0.3, -0.25) is 4.79 Å². The van der Waals surface area contributed by atoms with Crippen LogP contribution in [0.1, 0.15) is 40.0 Å². The standard InChI is InChI=1S/C15H27NO3S/c1-14(2)9-5-7-15(14,3)12(18)11(9)16-13(19)10(17)6-8-20-4/h9-12,17-18H,5-8H2,1-4H3,(H,16,19)/t9-,10+,11-,12-,15+/m1/s1. The van der Waals surface area contributed by atoms with Crippen molar-refractivity contribution < 1.29 is 15.0 Å². The fourth-order valence-corrected chi connectivity index (χ4v) is 4.60. The Balaban J connectivity index is 2.03. The highest BCUT2D eigenvalue weighted by Crippen LogP contribution is 2.65. The summed E-state index contributed by atoms with van der Waals surface area (Å²) in [7, 11) is 0. The van der Waals surface area contributed by atoms with E-state index in [2.05, 4.69) is 26.1 Å². The van der Waals surface area contributed by atoms with Gasteiger partial charge in [0, 0.05) is 5.41 Å². The molecule has 0 aromatic carbocycles. The largest absolute Gasteiger partial charge is 0.390 e. The molecule has 1 amide bonds. The fourth-order valence-electron chi connectivity index (χ4n) is 4.14. The molecule has 2 aliphatic rings. The van der Waals surface area contributed by atoms with Gasteiger partial charge in [-0.2, -0.15) is 11.8 Å². The molecular formula is C15H27NO3S. The van der Waals surface area contributed by atoms with Gasteiger partial charge in [0.2, 0.25) is 5.91 Å². The topological polar surface area (TPSA) is 69.6 Å². The summed E-state index contributed by atoms with van der Waals surface area (Å²) in [5.41, 5.74) is -0.117. The molecule has 0 heterocycles. The molecule has 2 fully saturated rings. The molecule has 2 saturated carbocycles. The molecule has 4 nitrogen and oxygen atoms in total. The summed E-state index contributed by atoms with van der Waals surface area (Å²) in [6.45, 7) is 6.49. The molecule has 0 spiro atoms. The van der Waals surface area contributed by atoms with Gasteiger partial charge in [0.05, 0.1) is 12.1 Å². The second-order valence-corrected chi connectivity index (χ2v) is 8.05. The first kappa shape index (κ1) is 16.1. The first-order valence-corrected chi connectivity index (χ1v) is 8.80. The van der Waals surface area contributed by atoms with Gasteiger partial charge in [0.15, 0.2) is 0 Å². The lowest BCUT2D eigenvalue weighted by atomic mass is 9.70. The highest BCUT2D eigenvalue weighted by atomic mass is 32.2. The molecule has 0 aromatic heterocycles. The Labute approximate surface area is 125 Å². The minimum absolute atomic E-state index is 0.0224. The van der Waals surface area contributed by atoms with Gasteiger partial charge in [-0.05, 0) is 42.6 Å². The molecule has 2 bridgehead atoms. The maximum atomic E-state index is 12.1. The van der Waals surface area contributed by atoms with E-state index in [9.17, 15) is 15.0 Å². The van der Waals surface area contributed by atoms with Gasteiger partial charge >= 0.3 is 0 Å². The zero-order valence-corrected chi connectivity index (χ0v) is 13.7. The summed E-state index contributed by atoms with van der Waals surface area (Å²) in [5.74, 6) is 0.711. The number of hydrogen-bond donors (Lipinski definition) is 3. The van der Waals surface area contributed by atoms with Crippen molar-refractivity contribution in [3.8, 4) is 0 Å². The molecule has 0 aliphatic heterocycles. The monoisotopic (exact) mass is 301 g/mol. The van der Waals surface area contributed by atoms with Gasteiger partial charge in [-0.15, -0.1) is 0 Å². The first-order valence-electron chi connectivity index (χ1n) is 7.41. The molecule has 2 aliphatic carbocycles. The number of aliphatic hydroxyl groups excluding tert-OH is 2. The minimum Gasteiger partial charge on any atom is -0.390 e. The van der Waals surface area contributed by atoms with Gasteiger partial charge < -0.3 is 15.5 Å². The van der Waals surface area contributed by atoms with E-state index >= 15 is 0 Å². The first-order chi connectivity index (χ1) is 9.25. The Morgan fingerprint density at radius 3 is 2.60 bits per heavy atom. The van der Waals surface area contributed by atoms with E-state index in [1.165, 1.54) is 0 Å². The van der Waals surface area contributed by atoms with Gasteiger partial charge in [0.25, 0.3) is 0 Å². The van der Waals surface area contributed by atoms with Crippen molar-refractivity contribution in [2.45, 2.75) is 58.3 Å². The number of thioether (sulfide) groups is 1. The average molecular weight is 301 g/mol. The molecule has 5 atom stereocenters.